The van der Waals surface area contributed by atoms with Gasteiger partial charge in [-0.1, -0.05) is 15.9 Å². The smallest absolute Gasteiger partial charge is 0.198 e. The van der Waals surface area contributed by atoms with E-state index < -0.39 is 0 Å². The molecule has 0 amide bonds. The van der Waals surface area contributed by atoms with Gasteiger partial charge in [0.2, 0.25) is 0 Å². The van der Waals surface area contributed by atoms with Gasteiger partial charge in [-0.2, -0.15) is 0 Å². The fraction of sp³-hybridized carbons (Fsp3) is 0.300. The first kappa shape index (κ1) is 8.29. The maximum atomic E-state index is 5.83. The van der Waals surface area contributed by atoms with Crippen molar-refractivity contribution in [3.05, 3.63) is 22.5 Å². The second kappa shape index (κ2) is 2.73. The molecule has 1 aliphatic rings. The van der Waals surface area contributed by atoms with Crippen LogP contribution in [0.25, 0.3) is 11.1 Å². The van der Waals surface area contributed by atoms with E-state index in [1.54, 1.807) is 0 Å². The molecule has 0 atom stereocenters. The van der Waals surface area contributed by atoms with Crippen molar-refractivity contribution < 1.29 is 4.42 Å². The molecule has 0 saturated heterocycles. The van der Waals surface area contributed by atoms with E-state index in [1.165, 1.54) is 12.8 Å². The number of anilines is 1. The summed E-state index contributed by atoms with van der Waals surface area (Å²) in [6.07, 6.45) is 2.38. The van der Waals surface area contributed by atoms with Gasteiger partial charge >= 0.3 is 0 Å². The lowest BCUT2D eigenvalue weighted by molar-refractivity contribution is 0.534. The van der Waals surface area contributed by atoms with Gasteiger partial charge in [0.15, 0.2) is 11.5 Å². The van der Waals surface area contributed by atoms with Gasteiger partial charge in [0.25, 0.3) is 0 Å². The minimum Gasteiger partial charge on any atom is -0.438 e. The number of nitrogen functional groups attached to an aromatic ring is 1. The van der Waals surface area contributed by atoms with Crippen LogP contribution >= 0.6 is 15.9 Å². The largest absolute Gasteiger partial charge is 0.438 e. The van der Waals surface area contributed by atoms with Gasteiger partial charge in [-0.3, -0.25) is 0 Å². The van der Waals surface area contributed by atoms with E-state index in [1.807, 2.05) is 12.1 Å². The lowest BCUT2D eigenvalue weighted by Gasteiger charge is -1.93. The van der Waals surface area contributed by atoms with Gasteiger partial charge in [-0.05, 0) is 25.0 Å². The van der Waals surface area contributed by atoms with E-state index in [0.29, 0.717) is 11.6 Å². The SMILES string of the molecule is Nc1cc(Br)cc2nc(C3CC3)oc12. The molecule has 72 valence electrons. The molecule has 4 heteroatoms. The molecule has 2 N–H and O–H groups in total. The predicted octanol–water partition coefficient (Wildman–Crippen LogP) is 3.05. The Labute approximate surface area is 89.4 Å². The summed E-state index contributed by atoms with van der Waals surface area (Å²) in [7, 11) is 0. The maximum absolute atomic E-state index is 5.83. The van der Waals surface area contributed by atoms with Gasteiger partial charge in [-0.15, -0.1) is 0 Å². The molecule has 1 saturated carbocycles. The average Bonchev–Trinajstić information content (AvgIpc) is 2.87. The van der Waals surface area contributed by atoms with Gasteiger partial charge in [0.1, 0.15) is 5.52 Å². The van der Waals surface area contributed by atoms with Crippen molar-refractivity contribution >= 4 is 32.7 Å². The van der Waals surface area contributed by atoms with Crippen LogP contribution in [-0.4, -0.2) is 4.98 Å². The molecule has 1 aromatic carbocycles. The van der Waals surface area contributed by atoms with Crippen LogP contribution in [0.3, 0.4) is 0 Å². The standard InChI is InChI=1S/C10H9BrN2O/c11-6-3-7(12)9-8(4-6)13-10(14-9)5-1-2-5/h3-5H,1-2,12H2. The van der Waals surface area contributed by atoms with E-state index in [0.717, 1.165) is 21.5 Å². The number of aromatic nitrogens is 1. The molecular weight excluding hydrogens is 244 g/mol. The third kappa shape index (κ3) is 1.21. The van der Waals surface area contributed by atoms with Gasteiger partial charge in [0.05, 0.1) is 5.69 Å². The van der Waals surface area contributed by atoms with Crippen molar-refractivity contribution in [1.82, 2.24) is 4.98 Å². The van der Waals surface area contributed by atoms with Crippen molar-refractivity contribution in [1.29, 1.82) is 0 Å². The number of hydrogen-bond donors (Lipinski definition) is 1. The number of halogens is 1. The zero-order valence-electron chi connectivity index (χ0n) is 7.46. The van der Waals surface area contributed by atoms with Crippen LogP contribution in [0.4, 0.5) is 5.69 Å². The van der Waals surface area contributed by atoms with Crippen molar-refractivity contribution in [2.75, 3.05) is 5.73 Å². The highest BCUT2D eigenvalue weighted by Crippen LogP contribution is 2.41. The van der Waals surface area contributed by atoms with Crippen molar-refractivity contribution in [3.8, 4) is 0 Å². The summed E-state index contributed by atoms with van der Waals surface area (Å²) in [6, 6.07) is 3.77. The second-order valence-corrected chi connectivity index (χ2v) is 4.59. The molecular formula is C10H9BrN2O. The van der Waals surface area contributed by atoms with Crippen molar-refractivity contribution in [2.24, 2.45) is 0 Å². The lowest BCUT2D eigenvalue weighted by Crippen LogP contribution is -1.84. The summed E-state index contributed by atoms with van der Waals surface area (Å²) >= 11 is 3.38. The Morgan fingerprint density at radius 3 is 2.93 bits per heavy atom. The van der Waals surface area contributed by atoms with E-state index in [4.69, 9.17) is 10.2 Å². The van der Waals surface area contributed by atoms with E-state index in [-0.39, 0.29) is 0 Å². The van der Waals surface area contributed by atoms with Crippen molar-refractivity contribution in [3.63, 3.8) is 0 Å². The van der Waals surface area contributed by atoms with Crippen molar-refractivity contribution in [2.45, 2.75) is 18.8 Å². The molecule has 1 heterocycles. The van der Waals surface area contributed by atoms with E-state index >= 15 is 0 Å². The van der Waals surface area contributed by atoms with Crippen LogP contribution in [0.15, 0.2) is 21.0 Å². The average molecular weight is 253 g/mol. The van der Waals surface area contributed by atoms with Crippen LogP contribution in [0.1, 0.15) is 24.7 Å². The number of benzene rings is 1. The highest BCUT2D eigenvalue weighted by atomic mass is 79.9. The fourth-order valence-corrected chi connectivity index (χ4v) is 2.01. The monoisotopic (exact) mass is 252 g/mol. The summed E-state index contributed by atoms with van der Waals surface area (Å²) in [5.74, 6) is 1.37. The van der Waals surface area contributed by atoms with Gasteiger partial charge < -0.3 is 10.2 Å². The Morgan fingerprint density at radius 1 is 1.43 bits per heavy atom. The maximum Gasteiger partial charge on any atom is 0.198 e. The zero-order valence-corrected chi connectivity index (χ0v) is 9.04. The van der Waals surface area contributed by atoms with Gasteiger partial charge in [-0.25, -0.2) is 4.98 Å². The van der Waals surface area contributed by atoms with E-state index in [2.05, 4.69) is 20.9 Å². The topological polar surface area (TPSA) is 52.0 Å². The molecule has 3 rings (SSSR count). The Hall–Kier alpha value is -1.03. The summed E-state index contributed by atoms with van der Waals surface area (Å²) < 4.78 is 6.56. The summed E-state index contributed by atoms with van der Waals surface area (Å²) in [6.45, 7) is 0. The molecule has 1 fully saturated rings. The second-order valence-electron chi connectivity index (χ2n) is 3.67. The third-order valence-electron chi connectivity index (χ3n) is 2.43. The molecule has 0 radical (unpaired) electrons. The van der Waals surface area contributed by atoms with E-state index in [9.17, 15) is 0 Å². The molecule has 3 nitrogen and oxygen atoms in total. The number of fused-ring (bicyclic) bond motifs is 1. The van der Waals surface area contributed by atoms with Gasteiger partial charge in [0, 0.05) is 10.4 Å². The highest BCUT2D eigenvalue weighted by molar-refractivity contribution is 9.10. The zero-order chi connectivity index (χ0) is 9.71. The summed E-state index contributed by atoms with van der Waals surface area (Å²) in [4.78, 5) is 4.42. The van der Waals surface area contributed by atoms with Crippen LogP contribution in [-0.2, 0) is 0 Å². The first-order chi connectivity index (χ1) is 6.74. The Bertz CT molecular complexity index is 502. The molecule has 14 heavy (non-hydrogen) atoms. The molecule has 1 aliphatic carbocycles. The van der Waals surface area contributed by atoms with Crippen LogP contribution in [0.5, 0.6) is 0 Å². The highest BCUT2D eigenvalue weighted by Gasteiger charge is 2.29. The molecule has 1 aromatic heterocycles. The summed E-state index contributed by atoms with van der Waals surface area (Å²) in [5.41, 5.74) is 8.04. The van der Waals surface area contributed by atoms with Crippen LogP contribution < -0.4 is 5.73 Å². The molecule has 0 aliphatic heterocycles. The number of nitrogens with two attached hydrogens (primary N) is 1. The number of rotatable bonds is 1. The number of hydrogen-bond acceptors (Lipinski definition) is 3. The molecule has 0 unspecified atom stereocenters. The Balaban J connectivity index is 2.26. The number of nitrogens with zero attached hydrogens (tertiary/aromatic N) is 1. The molecule has 2 aromatic rings. The van der Waals surface area contributed by atoms with Crippen LogP contribution in [0, 0.1) is 0 Å². The third-order valence-corrected chi connectivity index (χ3v) is 2.88. The lowest BCUT2D eigenvalue weighted by atomic mass is 10.3. The minimum absolute atomic E-state index is 0.528. The minimum atomic E-state index is 0.528. The fourth-order valence-electron chi connectivity index (χ4n) is 1.55. The summed E-state index contributed by atoms with van der Waals surface area (Å²) in [5, 5.41) is 0. The Kier molecular flexibility index (Phi) is 1.62. The first-order valence-corrected chi connectivity index (χ1v) is 5.39. The Morgan fingerprint density at radius 2 is 2.21 bits per heavy atom. The quantitative estimate of drug-likeness (QED) is 0.794. The normalized spacial score (nSPS) is 16.4. The number of oxazole rings is 1. The predicted molar refractivity (Wildman–Crippen MR) is 58.1 cm³/mol. The molecule has 0 bridgehead atoms. The van der Waals surface area contributed by atoms with Crippen LogP contribution in [0.2, 0.25) is 0 Å². The molecule has 0 spiro atoms. The first-order valence-electron chi connectivity index (χ1n) is 4.59.